The number of methoxy groups -OCH3 is 1. The lowest BCUT2D eigenvalue weighted by Gasteiger charge is -2.07. The van der Waals surface area contributed by atoms with E-state index in [1.54, 1.807) is 7.11 Å². The number of fused-ring (bicyclic) bond motifs is 1. The molecule has 0 aliphatic heterocycles. The van der Waals surface area contributed by atoms with Crippen molar-refractivity contribution < 1.29 is 9.13 Å². The average Bonchev–Trinajstić information content (AvgIpc) is 2.20. The normalized spacial score (nSPS) is 10.5. The zero-order valence-corrected chi connectivity index (χ0v) is 8.04. The van der Waals surface area contributed by atoms with Gasteiger partial charge in [-0.25, -0.2) is 4.39 Å². The molecule has 2 nitrogen and oxygen atoms in total. The number of benzene rings is 1. The van der Waals surface area contributed by atoms with E-state index in [4.69, 9.17) is 4.74 Å². The smallest absolute Gasteiger partial charge is 0.142 e. The van der Waals surface area contributed by atoms with Gasteiger partial charge in [0.25, 0.3) is 0 Å². The van der Waals surface area contributed by atoms with E-state index in [0.29, 0.717) is 0 Å². The second-order valence-corrected chi connectivity index (χ2v) is 3.11. The summed E-state index contributed by atoms with van der Waals surface area (Å²) in [6, 6.07) is 5.13. The molecule has 0 bridgehead atoms. The van der Waals surface area contributed by atoms with E-state index in [1.165, 1.54) is 12.3 Å². The average molecular weight is 191 g/mol. The lowest BCUT2D eigenvalue weighted by Crippen LogP contribution is -1.90. The Bertz CT molecular complexity index is 482. The fourth-order valence-corrected chi connectivity index (χ4v) is 1.52. The molecule has 0 unspecified atom stereocenters. The maximum Gasteiger partial charge on any atom is 0.142 e. The molecule has 2 rings (SSSR count). The van der Waals surface area contributed by atoms with Gasteiger partial charge in [0.2, 0.25) is 0 Å². The first kappa shape index (κ1) is 8.94. The molecule has 14 heavy (non-hydrogen) atoms. The Balaban J connectivity index is 2.79. The van der Waals surface area contributed by atoms with Crippen molar-refractivity contribution in [3.05, 3.63) is 35.8 Å². The van der Waals surface area contributed by atoms with Gasteiger partial charge < -0.3 is 4.74 Å². The summed E-state index contributed by atoms with van der Waals surface area (Å²) in [6.07, 6.45) is 1.22. The van der Waals surface area contributed by atoms with Gasteiger partial charge in [0.15, 0.2) is 0 Å². The number of aryl methyl sites for hydroxylation is 1. The molecule has 0 radical (unpaired) electrons. The largest absolute Gasteiger partial charge is 0.496 e. The van der Waals surface area contributed by atoms with Crippen molar-refractivity contribution in [2.45, 2.75) is 6.92 Å². The summed E-state index contributed by atoms with van der Waals surface area (Å²) in [5.74, 6) is 0.429. The number of hydrogen-bond acceptors (Lipinski definition) is 2. The second kappa shape index (κ2) is 3.25. The number of nitrogens with zero attached hydrogens (tertiary/aromatic N) is 1. The van der Waals surface area contributed by atoms with E-state index < -0.39 is 0 Å². The third-order valence-corrected chi connectivity index (χ3v) is 2.27. The molecule has 1 aromatic carbocycles. The van der Waals surface area contributed by atoms with Gasteiger partial charge >= 0.3 is 0 Å². The molecular weight excluding hydrogens is 181 g/mol. The molecule has 72 valence electrons. The highest BCUT2D eigenvalue weighted by Gasteiger charge is 2.05. The van der Waals surface area contributed by atoms with Gasteiger partial charge in [-0.2, -0.15) is 0 Å². The maximum absolute atomic E-state index is 12.9. The van der Waals surface area contributed by atoms with Gasteiger partial charge in [-0.3, -0.25) is 4.98 Å². The molecule has 0 N–H and O–H groups in total. The van der Waals surface area contributed by atoms with E-state index in [0.717, 1.165) is 22.2 Å². The third-order valence-electron chi connectivity index (χ3n) is 2.27. The van der Waals surface area contributed by atoms with E-state index in [1.807, 2.05) is 19.1 Å². The SMILES string of the molecule is COc1ccc2ncc(F)cc2c1C. The van der Waals surface area contributed by atoms with Crippen LogP contribution in [0.4, 0.5) is 4.39 Å². The van der Waals surface area contributed by atoms with Crippen molar-refractivity contribution in [2.75, 3.05) is 7.11 Å². The summed E-state index contributed by atoms with van der Waals surface area (Å²) in [5.41, 5.74) is 1.70. The second-order valence-electron chi connectivity index (χ2n) is 3.11. The van der Waals surface area contributed by atoms with Gasteiger partial charge in [0.05, 0.1) is 18.8 Å². The zero-order chi connectivity index (χ0) is 10.1. The predicted molar refractivity (Wildman–Crippen MR) is 53.0 cm³/mol. The lowest BCUT2D eigenvalue weighted by molar-refractivity contribution is 0.412. The highest BCUT2D eigenvalue weighted by Crippen LogP contribution is 2.25. The summed E-state index contributed by atoms with van der Waals surface area (Å²) < 4.78 is 18.1. The standard InChI is InChI=1S/C11H10FNO/c1-7-9-5-8(12)6-13-10(9)3-4-11(7)14-2/h3-6H,1-2H3. The maximum atomic E-state index is 12.9. The minimum Gasteiger partial charge on any atom is -0.496 e. The van der Waals surface area contributed by atoms with Gasteiger partial charge in [0.1, 0.15) is 11.6 Å². The zero-order valence-electron chi connectivity index (χ0n) is 8.04. The van der Waals surface area contributed by atoms with Crippen LogP contribution in [0.2, 0.25) is 0 Å². The molecule has 1 aromatic heterocycles. The van der Waals surface area contributed by atoms with Crippen LogP contribution in [-0.4, -0.2) is 12.1 Å². The van der Waals surface area contributed by atoms with Crippen LogP contribution >= 0.6 is 0 Å². The van der Waals surface area contributed by atoms with Crippen molar-refractivity contribution in [1.82, 2.24) is 4.98 Å². The summed E-state index contributed by atoms with van der Waals surface area (Å²) in [4.78, 5) is 3.99. The molecule has 0 atom stereocenters. The first-order valence-corrected chi connectivity index (χ1v) is 4.31. The highest BCUT2D eigenvalue weighted by atomic mass is 19.1. The quantitative estimate of drug-likeness (QED) is 0.691. The Labute approximate surface area is 81.3 Å². The molecule has 0 amide bonds. The van der Waals surface area contributed by atoms with E-state index >= 15 is 0 Å². The number of ether oxygens (including phenoxy) is 1. The number of rotatable bonds is 1. The Morgan fingerprint density at radius 1 is 1.36 bits per heavy atom. The fourth-order valence-electron chi connectivity index (χ4n) is 1.52. The van der Waals surface area contributed by atoms with Crippen LogP contribution in [0.25, 0.3) is 10.9 Å². The summed E-state index contributed by atoms with van der Waals surface area (Å²) in [5, 5.41) is 0.796. The van der Waals surface area contributed by atoms with Crippen molar-refractivity contribution in [3.63, 3.8) is 0 Å². The van der Waals surface area contributed by atoms with E-state index in [9.17, 15) is 4.39 Å². The molecular formula is C11H10FNO. The first-order chi connectivity index (χ1) is 6.72. The Morgan fingerprint density at radius 2 is 2.14 bits per heavy atom. The Hall–Kier alpha value is -1.64. The predicted octanol–water partition coefficient (Wildman–Crippen LogP) is 2.69. The van der Waals surface area contributed by atoms with E-state index in [-0.39, 0.29) is 5.82 Å². The number of hydrogen-bond donors (Lipinski definition) is 0. The monoisotopic (exact) mass is 191 g/mol. The molecule has 0 fully saturated rings. The minimum atomic E-state index is -0.325. The van der Waals surface area contributed by atoms with Gasteiger partial charge in [-0.05, 0) is 25.1 Å². The molecule has 0 saturated heterocycles. The minimum absolute atomic E-state index is 0.325. The van der Waals surface area contributed by atoms with Crippen molar-refractivity contribution in [2.24, 2.45) is 0 Å². The topological polar surface area (TPSA) is 22.1 Å². The molecule has 3 heteroatoms. The molecule has 0 spiro atoms. The molecule has 2 aromatic rings. The van der Waals surface area contributed by atoms with Crippen LogP contribution in [0.5, 0.6) is 5.75 Å². The van der Waals surface area contributed by atoms with Crippen LogP contribution in [0.15, 0.2) is 24.4 Å². The van der Waals surface area contributed by atoms with Crippen LogP contribution < -0.4 is 4.74 Å². The fraction of sp³-hybridized carbons (Fsp3) is 0.182. The molecule has 0 aliphatic rings. The number of aromatic nitrogens is 1. The summed E-state index contributed by atoms with van der Waals surface area (Å²) >= 11 is 0. The summed E-state index contributed by atoms with van der Waals surface area (Å²) in [7, 11) is 1.60. The summed E-state index contributed by atoms with van der Waals surface area (Å²) in [6.45, 7) is 1.89. The van der Waals surface area contributed by atoms with Gasteiger partial charge in [-0.15, -0.1) is 0 Å². The van der Waals surface area contributed by atoms with Crippen LogP contribution in [-0.2, 0) is 0 Å². The van der Waals surface area contributed by atoms with Crippen molar-refractivity contribution >= 4 is 10.9 Å². The Kier molecular flexibility index (Phi) is 2.08. The van der Waals surface area contributed by atoms with E-state index in [2.05, 4.69) is 4.98 Å². The van der Waals surface area contributed by atoms with Crippen molar-refractivity contribution in [3.8, 4) is 5.75 Å². The van der Waals surface area contributed by atoms with Crippen LogP contribution in [0, 0.1) is 12.7 Å². The molecule has 1 heterocycles. The molecule has 0 aliphatic carbocycles. The third kappa shape index (κ3) is 1.31. The van der Waals surface area contributed by atoms with Crippen molar-refractivity contribution in [1.29, 1.82) is 0 Å². The number of halogens is 1. The van der Waals surface area contributed by atoms with Gasteiger partial charge in [0, 0.05) is 10.9 Å². The highest BCUT2D eigenvalue weighted by molar-refractivity contribution is 5.84. The van der Waals surface area contributed by atoms with Crippen LogP contribution in [0.3, 0.4) is 0 Å². The number of pyridine rings is 1. The van der Waals surface area contributed by atoms with Gasteiger partial charge in [-0.1, -0.05) is 0 Å². The molecule has 0 saturated carbocycles. The first-order valence-electron chi connectivity index (χ1n) is 4.31. The lowest BCUT2D eigenvalue weighted by atomic mass is 10.1. The van der Waals surface area contributed by atoms with Crippen LogP contribution in [0.1, 0.15) is 5.56 Å². The Morgan fingerprint density at radius 3 is 2.86 bits per heavy atom.